The summed E-state index contributed by atoms with van der Waals surface area (Å²) in [6.45, 7) is 5.44. The fraction of sp³-hybridized carbons (Fsp3) is 0.769. The van der Waals surface area contributed by atoms with Gasteiger partial charge in [-0.2, -0.15) is 0 Å². The molecule has 2 rings (SSSR count). The Balaban J connectivity index is 1.94. The number of nitrogens with one attached hydrogen (secondary N) is 1. The van der Waals surface area contributed by atoms with Gasteiger partial charge >= 0.3 is 0 Å². The zero-order valence-corrected chi connectivity index (χ0v) is 9.95. The molecule has 1 saturated heterocycles. The first-order chi connectivity index (χ1) is 7.83. The van der Waals surface area contributed by atoms with Gasteiger partial charge in [-0.25, -0.2) is 0 Å². The van der Waals surface area contributed by atoms with E-state index in [4.69, 9.17) is 0 Å². The van der Waals surface area contributed by atoms with E-state index in [1.54, 1.807) is 0 Å². The number of amides is 1. The summed E-state index contributed by atoms with van der Waals surface area (Å²) in [5.41, 5.74) is 0. The molecule has 2 aliphatic rings. The maximum Gasteiger partial charge on any atom is 0.240 e. The highest BCUT2D eigenvalue weighted by molar-refractivity contribution is 5.82. The van der Waals surface area contributed by atoms with Crippen LogP contribution in [0.1, 0.15) is 38.5 Å². The van der Waals surface area contributed by atoms with E-state index in [0.29, 0.717) is 18.5 Å². The maximum absolute atomic E-state index is 12.3. The molecule has 1 heterocycles. The molecular weight excluding hydrogens is 200 g/mol. The van der Waals surface area contributed by atoms with Crippen LogP contribution in [0, 0.1) is 0 Å². The smallest absolute Gasteiger partial charge is 0.240 e. The lowest BCUT2D eigenvalue weighted by atomic mass is 10.1. The first kappa shape index (κ1) is 11.6. The van der Waals surface area contributed by atoms with Crippen molar-refractivity contribution in [3.8, 4) is 0 Å². The van der Waals surface area contributed by atoms with Gasteiger partial charge in [-0.15, -0.1) is 6.58 Å². The average molecular weight is 222 g/mol. The summed E-state index contributed by atoms with van der Waals surface area (Å²) in [5.74, 6) is 0.296. The van der Waals surface area contributed by atoms with Crippen molar-refractivity contribution in [3.05, 3.63) is 12.7 Å². The van der Waals surface area contributed by atoms with E-state index >= 15 is 0 Å². The number of hydrogen-bond donors (Lipinski definition) is 1. The van der Waals surface area contributed by atoms with Crippen LogP contribution in [-0.2, 0) is 4.79 Å². The molecule has 0 aromatic rings. The van der Waals surface area contributed by atoms with Crippen LogP contribution >= 0.6 is 0 Å². The Morgan fingerprint density at radius 3 is 2.81 bits per heavy atom. The highest BCUT2D eigenvalue weighted by Crippen LogP contribution is 2.28. The van der Waals surface area contributed by atoms with Crippen LogP contribution in [0.15, 0.2) is 12.7 Å². The molecule has 0 radical (unpaired) electrons. The third-order valence-electron chi connectivity index (χ3n) is 3.45. The van der Waals surface area contributed by atoms with Gasteiger partial charge in [0.1, 0.15) is 0 Å². The number of carbonyl (C=O) groups excluding carboxylic acids is 1. The Bertz CT molecular complexity index is 253. The van der Waals surface area contributed by atoms with E-state index in [0.717, 1.165) is 13.0 Å². The van der Waals surface area contributed by atoms with E-state index in [1.807, 2.05) is 11.0 Å². The summed E-state index contributed by atoms with van der Waals surface area (Å²) < 4.78 is 0. The molecule has 1 aliphatic heterocycles. The molecule has 2 fully saturated rings. The topological polar surface area (TPSA) is 32.3 Å². The second-order valence-electron chi connectivity index (χ2n) is 4.87. The second-order valence-corrected chi connectivity index (χ2v) is 4.87. The van der Waals surface area contributed by atoms with Gasteiger partial charge in [-0.05, 0) is 32.2 Å². The normalized spacial score (nSPS) is 25.9. The van der Waals surface area contributed by atoms with Gasteiger partial charge in [0.05, 0.1) is 6.04 Å². The third-order valence-corrected chi connectivity index (χ3v) is 3.45. The fourth-order valence-corrected chi connectivity index (χ4v) is 2.38. The van der Waals surface area contributed by atoms with Crippen molar-refractivity contribution < 1.29 is 4.79 Å². The van der Waals surface area contributed by atoms with Gasteiger partial charge in [-0.3, -0.25) is 4.79 Å². The molecular formula is C13H22N2O. The molecule has 90 valence electrons. The van der Waals surface area contributed by atoms with Crippen LogP contribution in [0.4, 0.5) is 0 Å². The molecule has 3 heteroatoms. The lowest BCUT2D eigenvalue weighted by Crippen LogP contribution is -2.47. The highest BCUT2D eigenvalue weighted by Gasteiger charge is 2.34. The second kappa shape index (κ2) is 5.48. The van der Waals surface area contributed by atoms with Crippen LogP contribution in [0.3, 0.4) is 0 Å². The third kappa shape index (κ3) is 2.85. The number of hydrogen-bond acceptors (Lipinski definition) is 2. The van der Waals surface area contributed by atoms with Crippen molar-refractivity contribution in [1.29, 1.82) is 0 Å². The Morgan fingerprint density at radius 2 is 2.12 bits per heavy atom. The molecule has 0 bridgehead atoms. The molecule has 0 aromatic heterocycles. The van der Waals surface area contributed by atoms with Crippen molar-refractivity contribution in [2.45, 2.75) is 50.6 Å². The van der Waals surface area contributed by atoms with Crippen molar-refractivity contribution >= 4 is 5.91 Å². The summed E-state index contributed by atoms with van der Waals surface area (Å²) >= 11 is 0. The van der Waals surface area contributed by atoms with Crippen molar-refractivity contribution in [1.82, 2.24) is 10.2 Å². The Morgan fingerprint density at radius 1 is 1.31 bits per heavy atom. The zero-order valence-electron chi connectivity index (χ0n) is 9.95. The Labute approximate surface area is 97.9 Å². The minimum atomic E-state index is 0.0584. The number of rotatable bonds is 4. The van der Waals surface area contributed by atoms with Crippen LogP contribution in [0.5, 0.6) is 0 Å². The SMILES string of the molecule is C=CCN(C(=O)C1CCCCCN1)C1CC1. The first-order valence-corrected chi connectivity index (χ1v) is 6.47. The first-order valence-electron chi connectivity index (χ1n) is 6.47. The van der Waals surface area contributed by atoms with Gasteiger partial charge in [0.25, 0.3) is 0 Å². The predicted octanol–water partition coefficient (Wildman–Crippen LogP) is 1.70. The largest absolute Gasteiger partial charge is 0.335 e. The van der Waals surface area contributed by atoms with E-state index in [1.165, 1.54) is 32.1 Å². The summed E-state index contributed by atoms with van der Waals surface area (Å²) in [5, 5.41) is 3.38. The molecule has 1 unspecified atom stereocenters. The van der Waals surface area contributed by atoms with Gasteiger partial charge in [-0.1, -0.05) is 18.9 Å². The molecule has 0 spiro atoms. The van der Waals surface area contributed by atoms with E-state index in [2.05, 4.69) is 11.9 Å². The molecule has 1 amide bonds. The molecule has 0 aromatic carbocycles. The van der Waals surface area contributed by atoms with Gasteiger partial charge in [0, 0.05) is 12.6 Å². The van der Waals surface area contributed by atoms with Crippen molar-refractivity contribution in [2.75, 3.05) is 13.1 Å². The van der Waals surface area contributed by atoms with Crippen molar-refractivity contribution in [3.63, 3.8) is 0 Å². The fourth-order valence-electron chi connectivity index (χ4n) is 2.38. The van der Waals surface area contributed by atoms with E-state index in [9.17, 15) is 4.79 Å². The van der Waals surface area contributed by atoms with Gasteiger partial charge in [0.15, 0.2) is 0 Å². The molecule has 16 heavy (non-hydrogen) atoms. The lowest BCUT2D eigenvalue weighted by molar-refractivity contribution is -0.133. The maximum atomic E-state index is 12.3. The lowest BCUT2D eigenvalue weighted by Gasteiger charge is -2.26. The summed E-state index contributed by atoms with van der Waals surface area (Å²) in [6, 6.07) is 0.554. The minimum absolute atomic E-state index is 0.0584. The average Bonchev–Trinajstić information content (AvgIpc) is 3.10. The van der Waals surface area contributed by atoms with Crippen LogP contribution in [0.25, 0.3) is 0 Å². The summed E-state index contributed by atoms with van der Waals surface area (Å²) in [7, 11) is 0. The minimum Gasteiger partial charge on any atom is -0.335 e. The van der Waals surface area contributed by atoms with E-state index < -0.39 is 0 Å². The summed E-state index contributed by atoms with van der Waals surface area (Å²) in [4.78, 5) is 14.3. The van der Waals surface area contributed by atoms with Crippen LogP contribution in [-0.4, -0.2) is 36.0 Å². The standard InChI is InChI=1S/C13H22N2O/c1-2-10-15(11-7-8-11)13(16)12-6-4-3-5-9-14-12/h2,11-12,14H,1,3-10H2. The molecule has 1 atom stereocenters. The Kier molecular flexibility index (Phi) is 3.99. The Hall–Kier alpha value is -0.830. The highest BCUT2D eigenvalue weighted by atomic mass is 16.2. The van der Waals surface area contributed by atoms with Crippen molar-refractivity contribution in [2.24, 2.45) is 0 Å². The monoisotopic (exact) mass is 222 g/mol. The molecule has 3 nitrogen and oxygen atoms in total. The number of carbonyl (C=O) groups is 1. The van der Waals surface area contributed by atoms with Gasteiger partial charge in [0.2, 0.25) is 5.91 Å². The van der Waals surface area contributed by atoms with Crippen LogP contribution < -0.4 is 5.32 Å². The molecule has 1 N–H and O–H groups in total. The molecule has 1 saturated carbocycles. The van der Waals surface area contributed by atoms with Crippen LogP contribution in [0.2, 0.25) is 0 Å². The predicted molar refractivity (Wildman–Crippen MR) is 65.2 cm³/mol. The van der Waals surface area contributed by atoms with E-state index in [-0.39, 0.29) is 6.04 Å². The number of nitrogens with zero attached hydrogens (tertiary/aromatic N) is 1. The van der Waals surface area contributed by atoms with Gasteiger partial charge < -0.3 is 10.2 Å². The summed E-state index contributed by atoms with van der Waals surface area (Å²) in [6.07, 6.45) is 8.82. The molecule has 1 aliphatic carbocycles. The quantitative estimate of drug-likeness (QED) is 0.734. The zero-order chi connectivity index (χ0) is 11.4.